The van der Waals surface area contributed by atoms with Crippen LogP contribution in [-0.2, 0) is 9.59 Å². The van der Waals surface area contributed by atoms with Gasteiger partial charge in [-0.2, -0.15) is 0 Å². The summed E-state index contributed by atoms with van der Waals surface area (Å²) >= 11 is 1.31. The highest BCUT2D eigenvalue weighted by Crippen LogP contribution is 2.27. The molecule has 0 unspecified atom stereocenters. The van der Waals surface area contributed by atoms with Crippen LogP contribution in [0.15, 0.2) is 24.3 Å². The van der Waals surface area contributed by atoms with E-state index < -0.39 is 6.04 Å². The van der Waals surface area contributed by atoms with Gasteiger partial charge in [-0.25, -0.2) is 0 Å². The first-order valence-corrected chi connectivity index (χ1v) is 8.86. The first-order chi connectivity index (χ1) is 11.5. The lowest BCUT2D eigenvalue weighted by molar-refractivity contribution is -0.130. The van der Waals surface area contributed by atoms with Crippen molar-refractivity contribution >= 4 is 28.3 Å². The van der Waals surface area contributed by atoms with Gasteiger partial charge in [0.05, 0.1) is 0 Å². The van der Waals surface area contributed by atoms with E-state index in [-0.39, 0.29) is 17.7 Å². The van der Waals surface area contributed by atoms with Crippen molar-refractivity contribution in [3.63, 3.8) is 0 Å². The third-order valence-corrected chi connectivity index (χ3v) is 5.04. The average Bonchev–Trinajstić information content (AvgIpc) is 2.93. The van der Waals surface area contributed by atoms with Gasteiger partial charge in [0.2, 0.25) is 16.9 Å². The van der Waals surface area contributed by atoms with Gasteiger partial charge in [0, 0.05) is 11.5 Å². The number of hydrogen-bond donors (Lipinski definition) is 2. The second kappa shape index (κ2) is 7.09. The minimum Gasteiger partial charge on any atom is -0.344 e. The molecule has 0 radical (unpaired) electrons. The molecule has 126 valence electrons. The maximum atomic E-state index is 12.2. The molecule has 1 aromatic heterocycles. The van der Waals surface area contributed by atoms with Gasteiger partial charge in [0.25, 0.3) is 0 Å². The molecule has 1 aliphatic rings. The van der Waals surface area contributed by atoms with E-state index in [0.29, 0.717) is 5.13 Å². The van der Waals surface area contributed by atoms with Gasteiger partial charge in [0.15, 0.2) is 0 Å². The fraction of sp³-hybridized carbons (Fsp3) is 0.412. The smallest absolute Gasteiger partial charge is 0.248 e. The number of rotatable bonds is 5. The maximum Gasteiger partial charge on any atom is 0.248 e. The Kier molecular flexibility index (Phi) is 4.89. The Morgan fingerprint density at radius 1 is 1.29 bits per heavy atom. The number of nitrogens with zero attached hydrogens (tertiary/aromatic N) is 2. The number of carbonyl (C=O) groups excluding carboxylic acids is 2. The van der Waals surface area contributed by atoms with E-state index in [1.165, 1.54) is 11.3 Å². The molecule has 0 bridgehead atoms. The number of amides is 2. The van der Waals surface area contributed by atoms with Gasteiger partial charge in [-0.1, -0.05) is 41.5 Å². The highest BCUT2D eigenvalue weighted by Gasteiger charge is 2.27. The molecule has 6 nitrogen and oxygen atoms in total. The molecule has 2 aromatic rings. The van der Waals surface area contributed by atoms with Crippen LogP contribution in [-0.4, -0.2) is 28.1 Å². The second-order valence-corrected chi connectivity index (χ2v) is 7.11. The summed E-state index contributed by atoms with van der Waals surface area (Å²) in [5.74, 6) is -0.258. The number of anilines is 1. The fourth-order valence-corrected chi connectivity index (χ4v) is 3.19. The molecule has 1 heterocycles. The number of hydrogen-bond acceptors (Lipinski definition) is 5. The van der Waals surface area contributed by atoms with E-state index in [1.807, 2.05) is 31.2 Å². The van der Waals surface area contributed by atoms with E-state index in [4.69, 9.17) is 0 Å². The molecule has 1 atom stereocenters. The molecule has 0 saturated heterocycles. The number of aromatic nitrogens is 2. The summed E-state index contributed by atoms with van der Waals surface area (Å²) in [6.07, 6.45) is 2.91. The summed E-state index contributed by atoms with van der Waals surface area (Å²) < 4.78 is 0. The predicted molar refractivity (Wildman–Crippen MR) is 93.7 cm³/mol. The molecule has 3 rings (SSSR count). The van der Waals surface area contributed by atoms with E-state index in [9.17, 15) is 9.59 Å². The van der Waals surface area contributed by atoms with Crippen molar-refractivity contribution in [2.75, 3.05) is 5.32 Å². The molecule has 0 aliphatic heterocycles. The average molecular weight is 344 g/mol. The van der Waals surface area contributed by atoms with Gasteiger partial charge in [-0.15, -0.1) is 10.2 Å². The van der Waals surface area contributed by atoms with Crippen LogP contribution >= 0.6 is 11.3 Å². The summed E-state index contributed by atoms with van der Waals surface area (Å²) in [6.45, 7) is 3.69. The molecule has 2 amide bonds. The summed E-state index contributed by atoms with van der Waals surface area (Å²) in [7, 11) is 0. The lowest BCUT2D eigenvalue weighted by Crippen LogP contribution is -2.45. The topological polar surface area (TPSA) is 84.0 Å². The maximum absolute atomic E-state index is 12.2. The number of benzene rings is 1. The van der Waals surface area contributed by atoms with Crippen molar-refractivity contribution in [2.45, 2.75) is 39.2 Å². The molecule has 24 heavy (non-hydrogen) atoms. The van der Waals surface area contributed by atoms with Crippen LogP contribution in [0.2, 0.25) is 0 Å². The summed E-state index contributed by atoms with van der Waals surface area (Å²) in [5, 5.41) is 14.8. The molecule has 1 fully saturated rings. The minimum atomic E-state index is -0.593. The van der Waals surface area contributed by atoms with Crippen LogP contribution in [0, 0.1) is 12.8 Å². The van der Waals surface area contributed by atoms with Gasteiger partial charge in [-0.05, 0) is 32.8 Å². The third-order valence-electron chi connectivity index (χ3n) is 4.15. The van der Waals surface area contributed by atoms with Gasteiger partial charge >= 0.3 is 0 Å². The van der Waals surface area contributed by atoms with E-state index in [1.54, 1.807) is 6.92 Å². The number of nitrogens with one attached hydrogen (secondary N) is 2. The number of carbonyl (C=O) groups is 2. The van der Waals surface area contributed by atoms with Crippen molar-refractivity contribution in [3.05, 3.63) is 29.8 Å². The molecule has 1 saturated carbocycles. The van der Waals surface area contributed by atoms with Crippen molar-refractivity contribution < 1.29 is 9.59 Å². The number of aryl methyl sites for hydroxylation is 1. The van der Waals surface area contributed by atoms with Gasteiger partial charge in [0.1, 0.15) is 11.0 Å². The third kappa shape index (κ3) is 3.79. The molecular weight excluding hydrogens is 324 g/mol. The zero-order chi connectivity index (χ0) is 17.1. The zero-order valence-corrected chi connectivity index (χ0v) is 14.5. The molecule has 0 spiro atoms. The zero-order valence-electron chi connectivity index (χ0n) is 13.7. The standard InChI is InChI=1S/C17H20N4O2S/c1-10-5-3-8-13(9-10)16-20-21-17(24-16)19-14(22)11(2)18-15(23)12-6-4-7-12/h3,5,8-9,11-12H,4,6-7H2,1-2H3,(H,18,23)(H,19,21,22)/t11-/m0/s1. The molecular formula is C17H20N4O2S. The summed E-state index contributed by atoms with van der Waals surface area (Å²) in [5.41, 5.74) is 2.11. The fourth-order valence-electron chi connectivity index (χ4n) is 2.45. The Labute approximate surface area is 144 Å². The van der Waals surface area contributed by atoms with Crippen LogP contribution in [0.5, 0.6) is 0 Å². The molecule has 2 N–H and O–H groups in total. The highest BCUT2D eigenvalue weighted by molar-refractivity contribution is 7.18. The van der Waals surface area contributed by atoms with Crippen LogP contribution in [0.3, 0.4) is 0 Å². The highest BCUT2D eigenvalue weighted by atomic mass is 32.1. The lowest BCUT2D eigenvalue weighted by atomic mass is 9.84. The van der Waals surface area contributed by atoms with E-state index in [2.05, 4.69) is 20.8 Å². The van der Waals surface area contributed by atoms with Gasteiger partial charge in [-0.3, -0.25) is 14.9 Å². The second-order valence-electron chi connectivity index (χ2n) is 6.13. The van der Waals surface area contributed by atoms with Crippen molar-refractivity contribution in [2.24, 2.45) is 5.92 Å². The predicted octanol–water partition coefficient (Wildman–Crippen LogP) is 2.76. The van der Waals surface area contributed by atoms with Crippen molar-refractivity contribution in [1.29, 1.82) is 0 Å². The summed E-state index contributed by atoms with van der Waals surface area (Å²) in [4.78, 5) is 24.1. The monoisotopic (exact) mass is 344 g/mol. The lowest BCUT2D eigenvalue weighted by Gasteiger charge is -2.25. The van der Waals surface area contributed by atoms with Gasteiger partial charge < -0.3 is 5.32 Å². The Balaban J connectivity index is 1.59. The molecule has 1 aliphatic carbocycles. The van der Waals surface area contributed by atoms with E-state index >= 15 is 0 Å². The quantitative estimate of drug-likeness (QED) is 0.873. The first kappa shape index (κ1) is 16.6. The van der Waals surface area contributed by atoms with Crippen molar-refractivity contribution in [3.8, 4) is 10.6 Å². The normalized spacial score (nSPS) is 15.4. The van der Waals surface area contributed by atoms with Crippen LogP contribution in [0.1, 0.15) is 31.7 Å². The Morgan fingerprint density at radius 2 is 2.08 bits per heavy atom. The Bertz CT molecular complexity index is 755. The largest absolute Gasteiger partial charge is 0.344 e. The van der Waals surface area contributed by atoms with Crippen LogP contribution < -0.4 is 10.6 Å². The summed E-state index contributed by atoms with van der Waals surface area (Å²) in [6, 6.07) is 7.36. The Morgan fingerprint density at radius 3 is 2.75 bits per heavy atom. The van der Waals surface area contributed by atoms with E-state index in [0.717, 1.165) is 35.4 Å². The minimum absolute atomic E-state index is 0.0402. The first-order valence-electron chi connectivity index (χ1n) is 8.04. The molecule has 1 aromatic carbocycles. The van der Waals surface area contributed by atoms with Crippen LogP contribution in [0.4, 0.5) is 5.13 Å². The van der Waals surface area contributed by atoms with Crippen molar-refractivity contribution in [1.82, 2.24) is 15.5 Å². The Hall–Kier alpha value is -2.28. The molecule has 7 heteroatoms. The van der Waals surface area contributed by atoms with Crippen LogP contribution in [0.25, 0.3) is 10.6 Å². The SMILES string of the molecule is Cc1cccc(-c2nnc(NC(=O)[C@H](C)NC(=O)C3CCC3)s2)c1.